The summed E-state index contributed by atoms with van der Waals surface area (Å²) in [5, 5.41) is 4.22. The molecule has 1 aromatic rings. The largest absolute Gasteiger partial charge is 0.356 e. The lowest BCUT2D eigenvalue weighted by Crippen LogP contribution is -2.26. The maximum absolute atomic E-state index is 4.46. The van der Waals surface area contributed by atoms with Gasteiger partial charge in [0.25, 0.3) is 0 Å². The summed E-state index contributed by atoms with van der Waals surface area (Å²) in [6, 6.07) is 0. The van der Waals surface area contributed by atoms with E-state index in [1.807, 2.05) is 0 Å². The number of hydrogen-bond donors (Lipinski definition) is 1. The lowest BCUT2D eigenvalue weighted by molar-refractivity contribution is 0.553. The Balaban J connectivity index is 2.79. The summed E-state index contributed by atoms with van der Waals surface area (Å²) in [7, 11) is 0. The Kier molecular flexibility index (Phi) is 2.86. The lowest BCUT2D eigenvalue weighted by atomic mass is 9.96. The molecule has 0 aliphatic heterocycles. The van der Waals surface area contributed by atoms with E-state index < -0.39 is 0 Å². The van der Waals surface area contributed by atoms with Crippen LogP contribution in [0.25, 0.3) is 0 Å². The molecular formula is C10H19N3S. The van der Waals surface area contributed by atoms with Gasteiger partial charge in [-0.3, -0.25) is 0 Å². The molecule has 0 amide bonds. The Hall–Kier alpha value is -0.640. The van der Waals surface area contributed by atoms with E-state index >= 15 is 0 Å². The van der Waals surface area contributed by atoms with E-state index in [4.69, 9.17) is 0 Å². The van der Waals surface area contributed by atoms with Gasteiger partial charge in [-0.1, -0.05) is 20.8 Å². The van der Waals surface area contributed by atoms with Crippen molar-refractivity contribution in [1.82, 2.24) is 9.36 Å². The van der Waals surface area contributed by atoms with E-state index in [2.05, 4.69) is 56.2 Å². The molecule has 3 nitrogen and oxygen atoms in total. The smallest absolute Gasteiger partial charge is 0.202 e. The van der Waals surface area contributed by atoms with Gasteiger partial charge in [-0.25, -0.2) is 4.98 Å². The minimum atomic E-state index is 0.0360. The number of nitrogens with zero attached hydrogens (tertiary/aromatic N) is 2. The zero-order valence-corrected chi connectivity index (χ0v) is 10.6. The second-order valence-electron chi connectivity index (χ2n) is 5.55. The summed E-state index contributed by atoms with van der Waals surface area (Å²) in [5.74, 6) is 0.911. The first-order valence-electron chi connectivity index (χ1n) is 4.81. The SMILES string of the molecule is CC(C)(C)Nc1nc(C(C)(C)C)ns1. The monoisotopic (exact) mass is 213 g/mol. The van der Waals surface area contributed by atoms with Gasteiger partial charge in [-0.05, 0) is 20.8 Å². The highest BCUT2D eigenvalue weighted by atomic mass is 32.1. The Bertz CT molecular complexity index is 304. The summed E-state index contributed by atoms with van der Waals surface area (Å²) in [4.78, 5) is 4.46. The first-order chi connectivity index (χ1) is 6.18. The molecule has 0 aliphatic carbocycles. The van der Waals surface area contributed by atoms with Crippen LogP contribution in [-0.2, 0) is 5.41 Å². The van der Waals surface area contributed by atoms with Crippen molar-refractivity contribution in [3.63, 3.8) is 0 Å². The molecule has 0 radical (unpaired) electrons. The molecule has 0 aromatic carbocycles. The molecule has 1 heterocycles. The molecule has 0 atom stereocenters. The summed E-state index contributed by atoms with van der Waals surface area (Å²) >= 11 is 1.43. The second-order valence-corrected chi connectivity index (χ2v) is 6.30. The Morgan fingerprint density at radius 3 is 2.00 bits per heavy atom. The molecule has 14 heavy (non-hydrogen) atoms. The third-order valence-corrected chi connectivity index (χ3v) is 2.21. The first-order valence-corrected chi connectivity index (χ1v) is 5.58. The average molecular weight is 213 g/mol. The molecule has 80 valence electrons. The zero-order chi connectivity index (χ0) is 11.0. The minimum Gasteiger partial charge on any atom is -0.356 e. The molecule has 1 rings (SSSR count). The Morgan fingerprint density at radius 2 is 1.64 bits per heavy atom. The fourth-order valence-corrected chi connectivity index (χ4v) is 1.87. The molecule has 0 aliphatic rings. The molecule has 0 fully saturated rings. The van der Waals surface area contributed by atoms with Crippen LogP contribution in [0.15, 0.2) is 0 Å². The van der Waals surface area contributed by atoms with Gasteiger partial charge in [-0.15, -0.1) is 0 Å². The normalized spacial score (nSPS) is 13.0. The summed E-state index contributed by atoms with van der Waals surface area (Å²) in [5.41, 5.74) is 0.0863. The van der Waals surface area contributed by atoms with Gasteiger partial charge in [0.2, 0.25) is 5.13 Å². The minimum absolute atomic E-state index is 0.0360. The van der Waals surface area contributed by atoms with E-state index in [1.54, 1.807) is 0 Å². The predicted molar refractivity (Wildman–Crippen MR) is 62.0 cm³/mol. The summed E-state index contributed by atoms with van der Waals surface area (Å²) < 4.78 is 4.34. The number of hydrogen-bond acceptors (Lipinski definition) is 4. The van der Waals surface area contributed by atoms with Crippen LogP contribution >= 0.6 is 11.5 Å². The highest BCUT2D eigenvalue weighted by molar-refractivity contribution is 7.09. The first kappa shape index (κ1) is 11.4. The lowest BCUT2D eigenvalue weighted by Gasteiger charge is -2.19. The van der Waals surface area contributed by atoms with Gasteiger partial charge >= 0.3 is 0 Å². The molecule has 0 unspecified atom stereocenters. The highest BCUT2D eigenvalue weighted by Gasteiger charge is 2.20. The maximum atomic E-state index is 4.46. The third kappa shape index (κ3) is 3.25. The third-order valence-electron chi connectivity index (χ3n) is 1.58. The summed E-state index contributed by atoms with van der Waals surface area (Å²) in [6.07, 6.45) is 0. The van der Waals surface area contributed by atoms with Crippen molar-refractivity contribution < 1.29 is 0 Å². The topological polar surface area (TPSA) is 37.8 Å². The van der Waals surface area contributed by atoms with E-state index in [-0.39, 0.29) is 11.0 Å². The number of rotatable bonds is 1. The van der Waals surface area contributed by atoms with Crippen LogP contribution in [0.1, 0.15) is 47.4 Å². The van der Waals surface area contributed by atoms with Crippen molar-refractivity contribution in [1.29, 1.82) is 0 Å². The van der Waals surface area contributed by atoms with E-state index in [0.29, 0.717) is 0 Å². The molecule has 4 heteroatoms. The molecule has 0 bridgehead atoms. The van der Waals surface area contributed by atoms with Gasteiger partial charge < -0.3 is 5.32 Å². The molecule has 0 saturated heterocycles. The van der Waals surface area contributed by atoms with Crippen molar-refractivity contribution in [2.75, 3.05) is 5.32 Å². The standard InChI is InChI=1S/C10H19N3S/c1-9(2,3)7-11-8(14-13-7)12-10(4,5)6/h1-6H3,(H,11,12,13). The van der Waals surface area contributed by atoms with Gasteiger partial charge in [0.15, 0.2) is 0 Å². The van der Waals surface area contributed by atoms with Gasteiger partial charge in [0.1, 0.15) is 5.82 Å². The summed E-state index contributed by atoms with van der Waals surface area (Å²) in [6.45, 7) is 12.7. The number of nitrogens with one attached hydrogen (secondary N) is 1. The van der Waals surface area contributed by atoms with E-state index in [9.17, 15) is 0 Å². The molecule has 1 aromatic heterocycles. The van der Waals surface area contributed by atoms with Crippen LogP contribution in [0, 0.1) is 0 Å². The van der Waals surface area contributed by atoms with Crippen molar-refractivity contribution in [2.24, 2.45) is 0 Å². The second kappa shape index (κ2) is 3.50. The number of anilines is 1. The Morgan fingerprint density at radius 1 is 1.07 bits per heavy atom. The van der Waals surface area contributed by atoms with E-state index in [0.717, 1.165) is 11.0 Å². The van der Waals surface area contributed by atoms with Crippen LogP contribution in [-0.4, -0.2) is 14.9 Å². The van der Waals surface area contributed by atoms with Gasteiger partial charge in [0.05, 0.1) is 0 Å². The van der Waals surface area contributed by atoms with Gasteiger partial charge in [0, 0.05) is 22.5 Å². The highest BCUT2D eigenvalue weighted by Crippen LogP contribution is 2.24. The van der Waals surface area contributed by atoms with E-state index in [1.165, 1.54) is 11.5 Å². The fraction of sp³-hybridized carbons (Fsp3) is 0.800. The van der Waals surface area contributed by atoms with Crippen molar-refractivity contribution >= 4 is 16.7 Å². The van der Waals surface area contributed by atoms with Crippen LogP contribution in [0.2, 0.25) is 0 Å². The molecule has 0 spiro atoms. The molecule has 1 N–H and O–H groups in total. The quantitative estimate of drug-likeness (QED) is 0.779. The van der Waals surface area contributed by atoms with Gasteiger partial charge in [-0.2, -0.15) is 4.37 Å². The predicted octanol–water partition coefficient (Wildman–Crippen LogP) is 3.05. The van der Waals surface area contributed by atoms with Crippen molar-refractivity contribution in [3.05, 3.63) is 5.82 Å². The fourth-order valence-electron chi connectivity index (χ4n) is 0.900. The van der Waals surface area contributed by atoms with Crippen LogP contribution in [0.4, 0.5) is 5.13 Å². The van der Waals surface area contributed by atoms with Crippen LogP contribution in [0.3, 0.4) is 0 Å². The average Bonchev–Trinajstić information content (AvgIpc) is 2.29. The van der Waals surface area contributed by atoms with Crippen molar-refractivity contribution in [3.8, 4) is 0 Å². The number of aromatic nitrogens is 2. The zero-order valence-electron chi connectivity index (χ0n) is 9.80. The van der Waals surface area contributed by atoms with Crippen LogP contribution < -0.4 is 5.32 Å². The maximum Gasteiger partial charge on any atom is 0.202 e. The molecule has 0 saturated carbocycles. The van der Waals surface area contributed by atoms with Crippen LogP contribution in [0.5, 0.6) is 0 Å². The molecular weight excluding hydrogens is 194 g/mol. The Labute approximate surface area is 90.1 Å². The van der Waals surface area contributed by atoms with Crippen molar-refractivity contribution in [2.45, 2.75) is 52.5 Å².